The van der Waals surface area contributed by atoms with Gasteiger partial charge in [0, 0.05) is 0 Å². The van der Waals surface area contributed by atoms with E-state index in [9.17, 15) is 14.7 Å². The molecule has 0 aromatic heterocycles. The first-order valence-electron chi connectivity index (χ1n) is 7.25. The van der Waals surface area contributed by atoms with E-state index in [2.05, 4.69) is 0 Å². The van der Waals surface area contributed by atoms with Crippen LogP contribution in [0.4, 0.5) is 0 Å². The Morgan fingerprint density at radius 3 is 2.05 bits per heavy atom. The normalized spacial score (nSPS) is 13.6. The van der Waals surface area contributed by atoms with Gasteiger partial charge in [-0.1, -0.05) is 24.6 Å². The van der Waals surface area contributed by atoms with Gasteiger partial charge in [-0.3, -0.25) is 9.59 Å². The van der Waals surface area contributed by atoms with Gasteiger partial charge in [-0.05, 0) is 57.2 Å². The highest BCUT2D eigenvalue weighted by Crippen LogP contribution is 2.32. The zero-order valence-corrected chi connectivity index (χ0v) is 13.4. The predicted octanol–water partition coefficient (Wildman–Crippen LogP) is 3.20. The minimum atomic E-state index is -1.51. The largest absolute Gasteiger partial charge is 0.480 e. The van der Waals surface area contributed by atoms with Crippen LogP contribution >= 0.6 is 0 Å². The molecule has 4 heteroatoms. The van der Waals surface area contributed by atoms with Crippen molar-refractivity contribution in [2.24, 2.45) is 5.41 Å². The summed E-state index contributed by atoms with van der Waals surface area (Å²) in [6, 6.07) is 4.02. The molecule has 1 aromatic carbocycles. The first-order chi connectivity index (χ1) is 9.78. The second kappa shape index (κ2) is 6.74. The standard InChI is InChI=1S/C17H24O4/c1-6-17(15(18)19,16(20)21-7-2)10-14-12(4)8-11(3)9-13(14)5/h8-9H,6-7,10H2,1-5H3,(H,18,19). The maximum Gasteiger partial charge on any atom is 0.323 e. The van der Waals surface area contributed by atoms with Gasteiger partial charge < -0.3 is 9.84 Å². The lowest BCUT2D eigenvalue weighted by Crippen LogP contribution is -2.42. The van der Waals surface area contributed by atoms with Gasteiger partial charge in [-0.25, -0.2) is 0 Å². The van der Waals surface area contributed by atoms with Gasteiger partial charge in [0.1, 0.15) is 0 Å². The van der Waals surface area contributed by atoms with Gasteiger partial charge in [0.05, 0.1) is 6.61 Å². The number of carbonyl (C=O) groups excluding carboxylic acids is 1. The minimum Gasteiger partial charge on any atom is -0.480 e. The minimum absolute atomic E-state index is 0.162. The van der Waals surface area contributed by atoms with Crippen molar-refractivity contribution >= 4 is 11.9 Å². The molecule has 1 N–H and O–H groups in total. The summed E-state index contributed by atoms with van der Waals surface area (Å²) in [6.45, 7) is 9.47. The molecule has 0 spiro atoms. The number of rotatable bonds is 6. The maximum absolute atomic E-state index is 12.2. The second-order valence-corrected chi connectivity index (χ2v) is 5.52. The molecular formula is C17H24O4. The molecule has 0 aliphatic carbocycles. The molecule has 0 aliphatic rings. The number of benzene rings is 1. The van der Waals surface area contributed by atoms with Crippen LogP contribution in [0.5, 0.6) is 0 Å². The van der Waals surface area contributed by atoms with Crippen LogP contribution < -0.4 is 0 Å². The third-order valence-corrected chi connectivity index (χ3v) is 4.00. The Bertz CT molecular complexity index is 525. The molecule has 116 valence electrons. The third-order valence-electron chi connectivity index (χ3n) is 4.00. The van der Waals surface area contributed by atoms with Gasteiger partial charge in [0.2, 0.25) is 0 Å². The van der Waals surface area contributed by atoms with E-state index in [0.717, 1.165) is 22.3 Å². The van der Waals surface area contributed by atoms with E-state index in [1.54, 1.807) is 13.8 Å². The molecule has 1 unspecified atom stereocenters. The van der Waals surface area contributed by atoms with E-state index in [-0.39, 0.29) is 19.4 Å². The second-order valence-electron chi connectivity index (χ2n) is 5.52. The Labute approximate surface area is 126 Å². The molecular weight excluding hydrogens is 268 g/mol. The lowest BCUT2D eigenvalue weighted by Gasteiger charge is -2.27. The lowest BCUT2D eigenvalue weighted by atomic mass is 9.77. The maximum atomic E-state index is 12.2. The lowest BCUT2D eigenvalue weighted by molar-refractivity contribution is -0.168. The molecule has 21 heavy (non-hydrogen) atoms. The Morgan fingerprint density at radius 2 is 1.67 bits per heavy atom. The molecule has 0 amide bonds. The summed E-state index contributed by atoms with van der Waals surface area (Å²) in [5.74, 6) is -1.78. The summed E-state index contributed by atoms with van der Waals surface area (Å²) in [7, 11) is 0. The molecule has 0 heterocycles. The van der Waals surface area contributed by atoms with Crippen molar-refractivity contribution in [1.29, 1.82) is 0 Å². The Balaban J connectivity index is 3.31. The molecule has 0 saturated heterocycles. The molecule has 0 radical (unpaired) electrons. The van der Waals surface area contributed by atoms with E-state index in [4.69, 9.17) is 4.74 Å². The van der Waals surface area contributed by atoms with Gasteiger partial charge in [0.15, 0.2) is 5.41 Å². The number of aryl methyl sites for hydroxylation is 3. The zero-order chi connectivity index (χ0) is 16.2. The summed E-state index contributed by atoms with van der Waals surface area (Å²) in [6.07, 6.45) is 0.365. The Morgan fingerprint density at radius 1 is 1.14 bits per heavy atom. The monoisotopic (exact) mass is 292 g/mol. The van der Waals surface area contributed by atoms with E-state index < -0.39 is 17.4 Å². The van der Waals surface area contributed by atoms with E-state index in [0.29, 0.717) is 0 Å². The average Bonchev–Trinajstić information content (AvgIpc) is 2.38. The van der Waals surface area contributed by atoms with Crippen molar-refractivity contribution in [1.82, 2.24) is 0 Å². The fraction of sp³-hybridized carbons (Fsp3) is 0.529. The number of carbonyl (C=O) groups is 2. The number of carboxylic acids is 1. The van der Waals surface area contributed by atoms with Crippen molar-refractivity contribution in [3.05, 3.63) is 34.4 Å². The summed E-state index contributed by atoms with van der Waals surface area (Å²) in [4.78, 5) is 24.0. The van der Waals surface area contributed by atoms with Crippen molar-refractivity contribution in [2.75, 3.05) is 6.61 Å². The number of esters is 1. The summed E-state index contributed by atoms with van der Waals surface area (Å²) in [5.41, 5.74) is 2.55. The van der Waals surface area contributed by atoms with Crippen LogP contribution in [0, 0.1) is 26.2 Å². The van der Waals surface area contributed by atoms with Crippen molar-refractivity contribution in [2.45, 2.75) is 47.5 Å². The third kappa shape index (κ3) is 3.43. The molecule has 0 saturated carbocycles. The highest BCUT2D eigenvalue weighted by molar-refractivity contribution is 5.99. The van der Waals surface area contributed by atoms with Gasteiger partial charge in [-0.2, -0.15) is 0 Å². The van der Waals surface area contributed by atoms with Crippen LogP contribution in [0.25, 0.3) is 0 Å². The van der Waals surface area contributed by atoms with Crippen LogP contribution in [0.2, 0.25) is 0 Å². The van der Waals surface area contributed by atoms with Crippen LogP contribution in [-0.2, 0) is 20.7 Å². The smallest absolute Gasteiger partial charge is 0.323 e. The highest BCUT2D eigenvalue weighted by Gasteiger charge is 2.46. The molecule has 0 aliphatic heterocycles. The molecule has 0 fully saturated rings. The predicted molar refractivity (Wildman–Crippen MR) is 81.3 cm³/mol. The van der Waals surface area contributed by atoms with Gasteiger partial charge in [-0.15, -0.1) is 0 Å². The van der Waals surface area contributed by atoms with Crippen LogP contribution in [0.1, 0.15) is 42.5 Å². The Kier molecular flexibility index (Phi) is 5.53. The number of ether oxygens (including phenoxy) is 1. The van der Waals surface area contributed by atoms with Crippen LogP contribution in [0.15, 0.2) is 12.1 Å². The van der Waals surface area contributed by atoms with Crippen molar-refractivity contribution in [3.8, 4) is 0 Å². The topological polar surface area (TPSA) is 63.6 Å². The van der Waals surface area contributed by atoms with Crippen LogP contribution in [-0.4, -0.2) is 23.7 Å². The number of hydrogen-bond donors (Lipinski definition) is 1. The molecule has 1 atom stereocenters. The first kappa shape index (κ1) is 17.2. The number of hydrogen-bond acceptors (Lipinski definition) is 3. The molecule has 1 rings (SSSR count). The number of carboxylic acid groups (broad SMARTS) is 1. The fourth-order valence-electron chi connectivity index (χ4n) is 2.72. The van der Waals surface area contributed by atoms with Crippen LogP contribution in [0.3, 0.4) is 0 Å². The number of aliphatic carboxylic acids is 1. The van der Waals surface area contributed by atoms with E-state index in [1.165, 1.54) is 0 Å². The summed E-state index contributed by atoms with van der Waals surface area (Å²) in [5, 5.41) is 9.62. The van der Waals surface area contributed by atoms with E-state index in [1.807, 2.05) is 32.9 Å². The first-order valence-corrected chi connectivity index (χ1v) is 7.25. The quantitative estimate of drug-likeness (QED) is 0.646. The summed E-state index contributed by atoms with van der Waals surface area (Å²) < 4.78 is 5.02. The van der Waals surface area contributed by atoms with Gasteiger partial charge in [0.25, 0.3) is 0 Å². The average molecular weight is 292 g/mol. The van der Waals surface area contributed by atoms with Crippen molar-refractivity contribution < 1.29 is 19.4 Å². The summed E-state index contributed by atoms with van der Waals surface area (Å²) >= 11 is 0. The molecule has 0 bridgehead atoms. The molecule has 1 aromatic rings. The SMILES string of the molecule is CCOC(=O)C(CC)(Cc1c(C)cc(C)cc1C)C(=O)O. The molecule has 4 nitrogen and oxygen atoms in total. The Hall–Kier alpha value is -1.84. The van der Waals surface area contributed by atoms with Crippen molar-refractivity contribution in [3.63, 3.8) is 0 Å². The van der Waals surface area contributed by atoms with E-state index >= 15 is 0 Å². The van der Waals surface area contributed by atoms with Gasteiger partial charge >= 0.3 is 11.9 Å². The zero-order valence-electron chi connectivity index (χ0n) is 13.4. The fourth-order valence-corrected chi connectivity index (χ4v) is 2.72. The highest BCUT2D eigenvalue weighted by atomic mass is 16.5.